The number of aliphatic hydroxyl groups excluding tert-OH is 2. The van der Waals surface area contributed by atoms with Crippen molar-refractivity contribution in [3.8, 4) is 23.0 Å². The van der Waals surface area contributed by atoms with E-state index >= 15 is 0 Å². The first-order valence-corrected chi connectivity index (χ1v) is 41.8. The lowest BCUT2D eigenvalue weighted by Crippen LogP contribution is -2.66. The lowest BCUT2D eigenvalue weighted by atomic mass is 9.80. The quantitative estimate of drug-likeness (QED) is 0.0167. The molecule has 0 spiro atoms. The van der Waals surface area contributed by atoms with Crippen LogP contribution in [-0.4, -0.2) is 93.9 Å². The number of methoxy groups -OCH3 is 4. The van der Waals surface area contributed by atoms with E-state index in [4.69, 9.17) is 37.3 Å². The smallest absolute Gasteiger partial charge is 0.261 e. The van der Waals surface area contributed by atoms with Gasteiger partial charge in [0.05, 0.1) is 40.6 Å². The average molecular weight is 1460 g/mol. The summed E-state index contributed by atoms with van der Waals surface area (Å²) in [4.78, 5) is 0. The van der Waals surface area contributed by atoms with Gasteiger partial charge in [-0.05, 0) is 171 Å². The van der Waals surface area contributed by atoms with E-state index in [0.717, 1.165) is 121 Å². The van der Waals surface area contributed by atoms with Crippen molar-refractivity contribution < 1.29 is 47.5 Å². The Morgan fingerprint density at radius 1 is 0.283 bits per heavy atom. The van der Waals surface area contributed by atoms with Crippen molar-refractivity contribution in [2.24, 2.45) is 0 Å². The van der Waals surface area contributed by atoms with Gasteiger partial charge in [-0.25, -0.2) is 0 Å². The number of rotatable bonds is 39. The van der Waals surface area contributed by atoms with Gasteiger partial charge in [0.15, 0.2) is 0 Å². The van der Waals surface area contributed by atoms with E-state index in [0.29, 0.717) is 39.1 Å². The van der Waals surface area contributed by atoms with Crippen molar-refractivity contribution in [2.45, 2.75) is 152 Å². The molecule has 2 atom stereocenters. The molecule has 0 aliphatic heterocycles. The molecule has 0 saturated carbocycles. The third kappa shape index (κ3) is 20.3. The largest absolute Gasteiger partial charge is 0.497 e. The molecule has 10 aromatic rings. The minimum Gasteiger partial charge on any atom is -0.497 e. The lowest BCUT2D eigenvalue weighted by Gasteiger charge is -2.43. The van der Waals surface area contributed by atoms with Crippen LogP contribution in [0.2, 0.25) is 10.1 Å². The number of ether oxygens (including phenoxy) is 6. The third-order valence-corrected chi connectivity index (χ3v) is 30.5. The van der Waals surface area contributed by atoms with Crippen LogP contribution in [0.25, 0.3) is 0 Å². The fourth-order valence-electron chi connectivity index (χ4n) is 14.9. The van der Waals surface area contributed by atoms with E-state index in [2.05, 4.69) is 248 Å². The van der Waals surface area contributed by atoms with E-state index in [1.165, 1.54) is 20.7 Å². The molecule has 2 unspecified atom stereocenters. The van der Waals surface area contributed by atoms with Crippen LogP contribution in [0.15, 0.2) is 291 Å². The molecule has 0 aliphatic rings. The van der Waals surface area contributed by atoms with Gasteiger partial charge >= 0.3 is 0 Å². The van der Waals surface area contributed by atoms with E-state index in [9.17, 15) is 10.2 Å². The highest BCUT2D eigenvalue weighted by Gasteiger charge is 2.51. The van der Waals surface area contributed by atoms with Crippen LogP contribution in [0, 0.1) is 0 Å². The normalized spacial score (nSPS) is 12.8. The van der Waals surface area contributed by atoms with Crippen molar-refractivity contribution in [1.29, 1.82) is 0 Å². The summed E-state index contributed by atoms with van der Waals surface area (Å²) in [6.07, 6.45) is 13.5. The maximum atomic E-state index is 11.0. The number of aliphatic hydroxyl groups is 2. The van der Waals surface area contributed by atoms with Gasteiger partial charge in [-0.15, -0.1) is 0 Å². The summed E-state index contributed by atoms with van der Waals surface area (Å²) in [6, 6.07) is 96.4. The number of hydrogen-bond acceptors (Lipinski definition) is 10. The lowest BCUT2D eigenvalue weighted by molar-refractivity contribution is 0.00123. The van der Waals surface area contributed by atoms with Crippen LogP contribution < -0.4 is 39.7 Å². The molecular weight excluding hydrogens is 1350 g/mol. The Bertz CT molecular complexity index is 3920. The summed E-state index contributed by atoms with van der Waals surface area (Å²) in [5.41, 5.74) is 4.61. The molecule has 0 aromatic heterocycles. The van der Waals surface area contributed by atoms with Crippen molar-refractivity contribution in [1.82, 2.24) is 0 Å². The Balaban J connectivity index is 0.000000245. The van der Waals surface area contributed by atoms with Gasteiger partial charge in [-0.1, -0.05) is 303 Å². The molecule has 0 aliphatic carbocycles. The van der Waals surface area contributed by atoms with E-state index < -0.39 is 40.0 Å². The van der Waals surface area contributed by atoms with Crippen molar-refractivity contribution >= 4 is 37.4 Å². The van der Waals surface area contributed by atoms with Gasteiger partial charge in [-0.2, -0.15) is 0 Å². The van der Waals surface area contributed by atoms with Gasteiger partial charge in [0.2, 0.25) is 0 Å². The summed E-state index contributed by atoms with van der Waals surface area (Å²) in [5.74, 6) is 3.20. The highest BCUT2D eigenvalue weighted by molar-refractivity contribution is 7.00. The average Bonchev–Trinajstić information content (AvgIpc) is 0.784. The maximum absolute atomic E-state index is 11.0. The van der Waals surface area contributed by atoms with Gasteiger partial charge in [0.1, 0.15) is 34.2 Å². The second-order valence-electron chi connectivity index (χ2n) is 29.3. The Labute approximate surface area is 635 Å². The molecule has 10 nitrogen and oxygen atoms in total. The first-order valence-electron chi connectivity index (χ1n) is 38.0. The van der Waals surface area contributed by atoms with Crippen LogP contribution in [0.4, 0.5) is 0 Å². The minimum atomic E-state index is -2.64. The Morgan fingerprint density at radius 2 is 0.538 bits per heavy atom. The summed E-state index contributed by atoms with van der Waals surface area (Å²) >= 11 is 0. The molecule has 10 aromatic carbocycles. The Hall–Kier alpha value is -8.67. The molecule has 0 bridgehead atoms. The van der Waals surface area contributed by atoms with Crippen molar-refractivity contribution in [2.75, 3.05) is 54.9 Å². The fraction of sp³-hybridized carbons (Fsp3) is 0.340. The summed E-state index contributed by atoms with van der Waals surface area (Å²) in [6.45, 7) is 16.2. The number of benzene rings is 10. The van der Waals surface area contributed by atoms with Gasteiger partial charge < -0.3 is 47.5 Å². The van der Waals surface area contributed by atoms with Crippen LogP contribution in [0.1, 0.15) is 152 Å². The molecule has 0 heterocycles. The molecular formula is C94H114O10Si2. The third-order valence-electron chi connectivity index (χ3n) is 20.4. The van der Waals surface area contributed by atoms with E-state index in [-0.39, 0.29) is 10.1 Å². The topological polar surface area (TPSA) is 114 Å². The van der Waals surface area contributed by atoms with Crippen molar-refractivity contribution in [3.05, 3.63) is 325 Å². The Morgan fingerprint density at radius 3 is 0.830 bits per heavy atom. The van der Waals surface area contributed by atoms with Crippen LogP contribution >= 0.6 is 0 Å². The number of hydrogen-bond donors (Lipinski definition) is 2. The second kappa shape index (κ2) is 40.3. The molecule has 0 saturated heterocycles. The van der Waals surface area contributed by atoms with Crippen LogP contribution in [0.5, 0.6) is 23.0 Å². The number of unbranched alkanes of at least 4 members (excludes halogenated alkanes) is 6. The molecule has 0 amide bonds. The minimum absolute atomic E-state index is 0.000692. The molecule has 10 rings (SSSR count). The zero-order valence-corrected chi connectivity index (χ0v) is 66.3. The highest BCUT2D eigenvalue weighted by atomic mass is 28.4. The van der Waals surface area contributed by atoms with Gasteiger partial charge in [-0.3, -0.25) is 0 Å². The first-order chi connectivity index (χ1) is 51.5. The number of allylic oxidation sites excluding steroid dienone is 2. The molecule has 12 heteroatoms. The Kier molecular flexibility index (Phi) is 31.0. The second-order valence-corrected chi connectivity index (χ2v) is 37.9. The summed E-state index contributed by atoms with van der Waals surface area (Å²) < 4.78 is 49.9. The molecule has 106 heavy (non-hydrogen) atoms. The monoisotopic (exact) mass is 1460 g/mol. The molecule has 0 radical (unpaired) electrons. The SMILES string of the molecule is COc1ccc(C(OCCCCC/C=C/CCCO[Si](c2ccccc2)(c2ccccc2)C(C)(C)C)(c2ccccc2)c2ccc(OC)cc2)cc1.COc1ccc(C(OCCCCCC(O)C(O)CCCO[Si](c2ccccc2)(c2ccccc2)C(C)(C)C)(c2ccccc2)c2ccc(OC)cc2)cc1. The van der Waals surface area contributed by atoms with Gasteiger partial charge in [0, 0.05) is 26.4 Å². The van der Waals surface area contributed by atoms with Crippen LogP contribution in [-0.2, 0) is 29.5 Å². The predicted molar refractivity (Wildman–Crippen MR) is 440 cm³/mol. The zero-order chi connectivity index (χ0) is 75.1. The van der Waals surface area contributed by atoms with E-state index in [1.807, 2.05) is 84.9 Å². The molecule has 2 N–H and O–H groups in total. The van der Waals surface area contributed by atoms with Crippen molar-refractivity contribution in [3.63, 3.8) is 0 Å². The summed E-state index contributed by atoms with van der Waals surface area (Å²) in [5, 5.41) is 26.9. The standard InChI is InChI=1S/C47H58O6Si.C47H56O4Si/c1-46(2,3)54(42-21-12-7-13-22-42,43-23-14-8-15-24-43)53-36-18-26-45(49)44(48)25-16-9-17-35-52-47(37-19-10-6-11-20-37,38-27-31-40(50-4)32-28-38)39-29-33-41(51-5)34-30-39;1-46(2,3)52(44-25-17-13-18-26-44,45-27-19-14-20-28-45)51-38-22-11-9-7-6-8-10-21-37-50-47(39-23-15-12-16-24-39,40-29-33-42(48-4)34-30-40)41-31-35-43(49-5)36-32-41/h6-8,10-15,19-24,27-34,44-45,48-49H,9,16-18,25-26,35-36H2,1-5H3;7,9,12-20,23-36H,6,8,10-11,21-22,37-38H2,1-5H3/b;9-7+. The fourth-order valence-corrected chi connectivity index (χ4v) is 24.1. The highest BCUT2D eigenvalue weighted by Crippen LogP contribution is 2.45. The molecule has 0 fully saturated rings. The first kappa shape index (κ1) is 81.4. The van der Waals surface area contributed by atoms with Gasteiger partial charge in [0.25, 0.3) is 16.6 Å². The summed E-state index contributed by atoms with van der Waals surface area (Å²) in [7, 11) is 1.61. The maximum Gasteiger partial charge on any atom is 0.261 e. The van der Waals surface area contributed by atoms with Crippen LogP contribution in [0.3, 0.4) is 0 Å². The van der Waals surface area contributed by atoms with E-state index in [1.54, 1.807) is 28.4 Å². The predicted octanol–water partition coefficient (Wildman–Crippen LogP) is 19.1. The molecule has 558 valence electrons. The zero-order valence-electron chi connectivity index (χ0n) is 64.3.